The summed E-state index contributed by atoms with van der Waals surface area (Å²) in [6.45, 7) is 1.89. The van der Waals surface area contributed by atoms with Crippen LogP contribution in [-0.2, 0) is 0 Å². The molecule has 1 aromatic rings. The highest BCUT2D eigenvalue weighted by atomic mass is 16.3. The molecule has 0 aliphatic rings. The number of aromatic nitrogens is 1. The first-order valence-electron chi connectivity index (χ1n) is 4.82. The Balaban J connectivity index is 2.86. The van der Waals surface area contributed by atoms with Crippen LogP contribution < -0.4 is 4.90 Å². The lowest BCUT2D eigenvalue weighted by atomic mass is 10.2. The first-order chi connectivity index (χ1) is 7.69. The average molecular weight is 216 g/mol. The van der Waals surface area contributed by atoms with Gasteiger partial charge in [-0.1, -0.05) is 6.07 Å². The normalized spacial score (nSPS) is 11.2. The molecule has 0 radical (unpaired) electrons. The molecule has 82 valence electrons. The van der Waals surface area contributed by atoms with Crippen LogP contribution in [0.2, 0.25) is 0 Å². The molecule has 16 heavy (non-hydrogen) atoms. The fraction of sp³-hybridized carbons (Fsp3) is 0.364. The zero-order valence-electron chi connectivity index (χ0n) is 8.96. The second-order valence-electron chi connectivity index (χ2n) is 3.30. The lowest BCUT2D eigenvalue weighted by molar-refractivity contribution is 0.199. The molecule has 1 N–H and O–H groups in total. The first kappa shape index (κ1) is 12.0. The second kappa shape index (κ2) is 5.69. The summed E-state index contributed by atoms with van der Waals surface area (Å²) < 4.78 is 0. The minimum atomic E-state index is -0.568. The van der Waals surface area contributed by atoms with Gasteiger partial charge in [0.2, 0.25) is 0 Å². The monoisotopic (exact) mass is 216 g/mol. The van der Waals surface area contributed by atoms with Crippen molar-refractivity contribution < 1.29 is 5.11 Å². The first-order valence-corrected chi connectivity index (χ1v) is 4.82. The van der Waals surface area contributed by atoms with E-state index in [1.165, 1.54) is 0 Å². The maximum atomic E-state index is 9.30. The molecule has 0 unspecified atom stereocenters. The van der Waals surface area contributed by atoms with E-state index < -0.39 is 6.10 Å². The van der Waals surface area contributed by atoms with Crippen LogP contribution in [0, 0.1) is 22.7 Å². The number of nitriles is 2. The number of rotatable bonds is 4. The van der Waals surface area contributed by atoms with Gasteiger partial charge in [-0.15, -0.1) is 0 Å². The maximum Gasteiger partial charge on any atom is 0.130 e. The van der Waals surface area contributed by atoms with Gasteiger partial charge in [0.25, 0.3) is 0 Å². The van der Waals surface area contributed by atoms with Crippen molar-refractivity contribution in [3.63, 3.8) is 0 Å². The minimum Gasteiger partial charge on any atom is -0.389 e. The Labute approximate surface area is 94.2 Å². The molecule has 0 fully saturated rings. The second-order valence-corrected chi connectivity index (χ2v) is 3.30. The fourth-order valence-electron chi connectivity index (χ4n) is 1.22. The molecule has 0 spiro atoms. The van der Waals surface area contributed by atoms with E-state index in [0.717, 1.165) is 0 Å². The summed E-state index contributed by atoms with van der Waals surface area (Å²) in [5, 5.41) is 26.5. The molecule has 0 amide bonds. The Bertz CT molecular complexity index is 397. The summed E-state index contributed by atoms with van der Waals surface area (Å²) in [5.74, 6) is 0.563. The summed E-state index contributed by atoms with van der Waals surface area (Å²) in [4.78, 5) is 5.66. The highest BCUT2D eigenvalue weighted by Gasteiger charge is 2.07. The Morgan fingerprint density at radius 2 is 2.00 bits per heavy atom. The number of aliphatic hydroxyl groups excluding tert-OH is 1. The third kappa shape index (κ3) is 2.94. The lowest BCUT2D eigenvalue weighted by Gasteiger charge is -2.17. The molecule has 5 nitrogen and oxygen atoms in total. The van der Waals surface area contributed by atoms with Crippen molar-refractivity contribution in [3.05, 3.63) is 23.9 Å². The summed E-state index contributed by atoms with van der Waals surface area (Å²) in [5.41, 5.74) is 0.706. The maximum absolute atomic E-state index is 9.30. The van der Waals surface area contributed by atoms with Gasteiger partial charge in [0.1, 0.15) is 18.9 Å². The fourth-order valence-corrected chi connectivity index (χ4v) is 1.22. The van der Waals surface area contributed by atoms with Crippen LogP contribution in [0.25, 0.3) is 0 Å². The van der Waals surface area contributed by atoms with Gasteiger partial charge >= 0.3 is 0 Å². The van der Waals surface area contributed by atoms with E-state index in [-0.39, 0.29) is 13.1 Å². The topological polar surface area (TPSA) is 83.9 Å². The molecule has 5 heteroatoms. The Morgan fingerprint density at radius 3 is 2.38 bits per heavy atom. The van der Waals surface area contributed by atoms with Crippen LogP contribution in [0.3, 0.4) is 0 Å². The van der Waals surface area contributed by atoms with E-state index in [2.05, 4.69) is 4.98 Å². The van der Waals surface area contributed by atoms with Crippen LogP contribution in [0.15, 0.2) is 18.3 Å². The van der Waals surface area contributed by atoms with Crippen LogP contribution in [0.5, 0.6) is 0 Å². The SMILES string of the molecule is C[C@@H](O)c1ccc(N(CC#N)CC#N)nc1. The van der Waals surface area contributed by atoms with Gasteiger partial charge in [-0.2, -0.15) is 10.5 Å². The van der Waals surface area contributed by atoms with Gasteiger partial charge < -0.3 is 10.0 Å². The highest BCUT2D eigenvalue weighted by molar-refractivity contribution is 5.41. The summed E-state index contributed by atoms with van der Waals surface area (Å²) in [6.07, 6.45) is 0.976. The Hall–Kier alpha value is -2.11. The van der Waals surface area contributed by atoms with Crippen molar-refractivity contribution in [2.75, 3.05) is 18.0 Å². The quantitative estimate of drug-likeness (QED) is 0.758. The standard InChI is InChI=1S/C11H12N4O/c1-9(16)10-2-3-11(14-8-10)15(6-4-12)7-5-13/h2-3,8-9,16H,6-7H2,1H3/t9-/m1/s1. The minimum absolute atomic E-state index is 0.120. The predicted octanol–water partition coefficient (Wildman–Crippen LogP) is 0.988. The van der Waals surface area contributed by atoms with Gasteiger partial charge in [0.05, 0.1) is 18.2 Å². The average Bonchev–Trinajstić information content (AvgIpc) is 2.29. The van der Waals surface area contributed by atoms with E-state index in [1.807, 2.05) is 12.1 Å². The molecule has 1 atom stereocenters. The molecule has 1 rings (SSSR count). The van der Waals surface area contributed by atoms with Crippen LogP contribution >= 0.6 is 0 Å². The Kier molecular flexibility index (Phi) is 4.26. The summed E-state index contributed by atoms with van der Waals surface area (Å²) in [7, 11) is 0. The predicted molar refractivity (Wildman–Crippen MR) is 58.3 cm³/mol. The van der Waals surface area contributed by atoms with E-state index in [9.17, 15) is 5.11 Å². The van der Waals surface area contributed by atoms with Crippen molar-refractivity contribution in [2.24, 2.45) is 0 Å². The van der Waals surface area contributed by atoms with Gasteiger partial charge in [-0.3, -0.25) is 0 Å². The molecule has 0 saturated carbocycles. The zero-order chi connectivity index (χ0) is 12.0. The van der Waals surface area contributed by atoms with Gasteiger partial charge in [-0.25, -0.2) is 4.98 Å². The third-order valence-electron chi connectivity index (χ3n) is 2.10. The highest BCUT2D eigenvalue weighted by Crippen LogP contribution is 2.15. The summed E-state index contributed by atoms with van der Waals surface area (Å²) in [6, 6.07) is 7.37. The molecule has 0 bridgehead atoms. The lowest BCUT2D eigenvalue weighted by Crippen LogP contribution is -2.24. The number of hydrogen-bond acceptors (Lipinski definition) is 5. The van der Waals surface area contributed by atoms with Crippen molar-refractivity contribution in [3.8, 4) is 12.1 Å². The van der Waals surface area contributed by atoms with Gasteiger partial charge in [0, 0.05) is 6.20 Å². The van der Waals surface area contributed by atoms with Crippen LogP contribution in [-0.4, -0.2) is 23.2 Å². The molecular weight excluding hydrogens is 204 g/mol. The molecule has 0 saturated heterocycles. The molecule has 1 heterocycles. The number of aliphatic hydroxyl groups is 1. The van der Waals surface area contributed by atoms with Crippen molar-refractivity contribution in [2.45, 2.75) is 13.0 Å². The summed E-state index contributed by atoms with van der Waals surface area (Å²) >= 11 is 0. The third-order valence-corrected chi connectivity index (χ3v) is 2.10. The number of anilines is 1. The largest absolute Gasteiger partial charge is 0.389 e. The number of hydrogen-bond donors (Lipinski definition) is 1. The van der Waals surface area contributed by atoms with Crippen molar-refractivity contribution >= 4 is 5.82 Å². The van der Waals surface area contributed by atoms with Crippen molar-refractivity contribution in [1.29, 1.82) is 10.5 Å². The number of pyridine rings is 1. The van der Waals surface area contributed by atoms with Crippen LogP contribution in [0.1, 0.15) is 18.6 Å². The smallest absolute Gasteiger partial charge is 0.130 e. The van der Waals surface area contributed by atoms with E-state index >= 15 is 0 Å². The van der Waals surface area contributed by atoms with E-state index in [0.29, 0.717) is 11.4 Å². The van der Waals surface area contributed by atoms with Crippen LogP contribution in [0.4, 0.5) is 5.82 Å². The molecule has 0 aliphatic heterocycles. The van der Waals surface area contributed by atoms with Crippen molar-refractivity contribution in [1.82, 2.24) is 4.98 Å². The molecule has 0 aliphatic carbocycles. The van der Waals surface area contributed by atoms with E-state index in [1.54, 1.807) is 30.2 Å². The molecule has 0 aromatic carbocycles. The number of nitrogens with zero attached hydrogens (tertiary/aromatic N) is 4. The molecule has 1 aromatic heterocycles. The van der Waals surface area contributed by atoms with Gasteiger partial charge in [0.15, 0.2) is 0 Å². The zero-order valence-corrected chi connectivity index (χ0v) is 8.96. The molecular formula is C11H12N4O. The van der Waals surface area contributed by atoms with Gasteiger partial charge in [-0.05, 0) is 18.6 Å². The Morgan fingerprint density at radius 1 is 1.38 bits per heavy atom. The van der Waals surface area contributed by atoms with E-state index in [4.69, 9.17) is 10.5 Å².